The van der Waals surface area contributed by atoms with Crippen LogP contribution in [0.3, 0.4) is 0 Å². The van der Waals surface area contributed by atoms with Crippen LogP contribution in [0.2, 0.25) is 0 Å². The maximum atomic E-state index is 13.1. The molecule has 0 bridgehead atoms. The second-order valence-corrected chi connectivity index (χ2v) is 6.45. The van der Waals surface area contributed by atoms with Crippen LogP contribution in [0.15, 0.2) is 47.8 Å². The summed E-state index contributed by atoms with van der Waals surface area (Å²) >= 11 is 1.40. The molecule has 3 rings (SSSR count). The van der Waals surface area contributed by atoms with Crippen molar-refractivity contribution in [3.8, 4) is 27.8 Å². The quantitative estimate of drug-likeness (QED) is 0.528. The van der Waals surface area contributed by atoms with Gasteiger partial charge in [0.15, 0.2) is 18.1 Å². The number of esters is 1. The summed E-state index contributed by atoms with van der Waals surface area (Å²) in [4.78, 5) is 16.3. The van der Waals surface area contributed by atoms with Crippen molar-refractivity contribution in [2.24, 2.45) is 0 Å². The Morgan fingerprint density at radius 3 is 2.71 bits per heavy atom. The van der Waals surface area contributed by atoms with Crippen LogP contribution in [0.4, 0.5) is 4.39 Å². The number of thiazole rings is 1. The Balaban J connectivity index is 1.58. The van der Waals surface area contributed by atoms with Gasteiger partial charge in [-0.1, -0.05) is 12.1 Å². The lowest BCUT2D eigenvalue weighted by Crippen LogP contribution is -2.14. The fourth-order valence-corrected chi connectivity index (χ4v) is 3.27. The number of ether oxygens (including phenoxy) is 4. The number of halogens is 1. The van der Waals surface area contributed by atoms with Crippen molar-refractivity contribution in [1.82, 2.24) is 4.98 Å². The average Bonchev–Trinajstić information content (AvgIpc) is 3.19. The first kappa shape index (κ1) is 19.6. The van der Waals surface area contributed by atoms with Crippen molar-refractivity contribution in [3.63, 3.8) is 0 Å². The van der Waals surface area contributed by atoms with Gasteiger partial charge in [-0.3, -0.25) is 0 Å². The van der Waals surface area contributed by atoms with Gasteiger partial charge in [-0.25, -0.2) is 14.2 Å². The zero-order valence-corrected chi connectivity index (χ0v) is 16.1. The number of carbonyl (C=O) groups excluding carboxylic acids is 1. The minimum absolute atomic E-state index is 0.00806. The molecule has 0 aliphatic heterocycles. The highest BCUT2D eigenvalue weighted by Gasteiger charge is 2.15. The molecule has 0 radical (unpaired) electrons. The van der Waals surface area contributed by atoms with Crippen molar-refractivity contribution in [2.75, 3.05) is 20.8 Å². The number of hydrogen-bond acceptors (Lipinski definition) is 7. The van der Waals surface area contributed by atoms with E-state index in [2.05, 4.69) is 4.98 Å². The summed E-state index contributed by atoms with van der Waals surface area (Å²) in [5.74, 6) is 0.452. The van der Waals surface area contributed by atoms with Crippen LogP contribution in [-0.4, -0.2) is 31.8 Å². The molecular formula is C20H18FNO5S. The molecule has 8 heteroatoms. The van der Waals surface area contributed by atoms with Crippen LogP contribution in [0.25, 0.3) is 10.6 Å². The normalized spacial score (nSPS) is 10.4. The molecule has 3 aromatic rings. The fraction of sp³-hybridized carbons (Fsp3) is 0.200. The van der Waals surface area contributed by atoms with Gasteiger partial charge in [-0.15, -0.1) is 11.3 Å². The summed E-state index contributed by atoms with van der Waals surface area (Å²) in [6.45, 7) is -0.307. The van der Waals surface area contributed by atoms with E-state index in [0.717, 1.165) is 10.6 Å². The molecule has 28 heavy (non-hydrogen) atoms. The molecule has 146 valence electrons. The lowest BCUT2D eigenvalue weighted by Gasteiger charge is -2.10. The van der Waals surface area contributed by atoms with Crippen molar-refractivity contribution in [1.29, 1.82) is 0 Å². The molecule has 0 saturated carbocycles. The van der Waals surface area contributed by atoms with E-state index in [4.69, 9.17) is 18.9 Å². The first-order valence-corrected chi connectivity index (χ1v) is 9.18. The van der Waals surface area contributed by atoms with Crippen molar-refractivity contribution in [3.05, 3.63) is 59.4 Å². The molecule has 0 saturated heterocycles. The molecule has 2 aromatic carbocycles. The van der Waals surface area contributed by atoms with Crippen LogP contribution in [0.5, 0.6) is 17.2 Å². The third-order valence-electron chi connectivity index (χ3n) is 3.72. The molecule has 0 aliphatic carbocycles. The van der Waals surface area contributed by atoms with Crippen LogP contribution < -0.4 is 14.2 Å². The van der Waals surface area contributed by atoms with E-state index in [-0.39, 0.29) is 19.0 Å². The Kier molecular flexibility index (Phi) is 6.44. The second-order valence-electron chi connectivity index (χ2n) is 5.59. The molecule has 0 N–H and O–H groups in total. The summed E-state index contributed by atoms with van der Waals surface area (Å²) in [6, 6.07) is 11.1. The molecule has 1 aromatic heterocycles. The van der Waals surface area contributed by atoms with Gasteiger partial charge < -0.3 is 18.9 Å². The third kappa shape index (κ3) is 4.77. The van der Waals surface area contributed by atoms with E-state index in [0.29, 0.717) is 17.2 Å². The van der Waals surface area contributed by atoms with E-state index >= 15 is 0 Å². The molecule has 6 nitrogen and oxygen atoms in total. The highest BCUT2D eigenvalue weighted by atomic mass is 32.1. The van der Waals surface area contributed by atoms with E-state index < -0.39 is 11.8 Å². The first-order valence-electron chi connectivity index (χ1n) is 8.30. The number of methoxy groups -OCH3 is 2. The smallest absolute Gasteiger partial charge is 0.344 e. The third-order valence-corrected chi connectivity index (χ3v) is 4.64. The topological polar surface area (TPSA) is 66.9 Å². The average molecular weight is 403 g/mol. The lowest BCUT2D eigenvalue weighted by molar-refractivity contribution is -0.147. The molecule has 0 fully saturated rings. The van der Waals surface area contributed by atoms with Crippen LogP contribution in [0.1, 0.15) is 5.69 Å². The molecule has 0 unspecified atom stereocenters. The first-order chi connectivity index (χ1) is 13.6. The monoisotopic (exact) mass is 403 g/mol. The van der Waals surface area contributed by atoms with Gasteiger partial charge >= 0.3 is 5.97 Å². The summed E-state index contributed by atoms with van der Waals surface area (Å²) < 4.78 is 34.2. The van der Waals surface area contributed by atoms with Crippen LogP contribution >= 0.6 is 11.3 Å². The highest BCUT2D eigenvalue weighted by Crippen LogP contribution is 2.38. The Bertz CT molecular complexity index is 959. The van der Waals surface area contributed by atoms with Gasteiger partial charge in [0, 0.05) is 11.4 Å². The molecule has 0 atom stereocenters. The Labute approximate surface area is 165 Å². The van der Waals surface area contributed by atoms with Gasteiger partial charge in [-0.2, -0.15) is 0 Å². The predicted molar refractivity (Wildman–Crippen MR) is 102 cm³/mol. The summed E-state index contributed by atoms with van der Waals surface area (Å²) in [5.41, 5.74) is 1.39. The molecule has 1 heterocycles. The van der Waals surface area contributed by atoms with Crippen molar-refractivity contribution in [2.45, 2.75) is 6.61 Å². The summed E-state index contributed by atoms with van der Waals surface area (Å²) in [6.07, 6.45) is 0. The zero-order chi connectivity index (χ0) is 19.9. The van der Waals surface area contributed by atoms with E-state index in [1.807, 2.05) is 12.1 Å². The Hall–Kier alpha value is -3.13. The summed E-state index contributed by atoms with van der Waals surface area (Å²) in [5, 5.41) is 2.52. The predicted octanol–water partition coefficient (Wildman–Crippen LogP) is 4.09. The molecule has 0 spiro atoms. The van der Waals surface area contributed by atoms with Crippen molar-refractivity contribution >= 4 is 17.3 Å². The minimum Gasteiger partial charge on any atom is -0.493 e. The van der Waals surface area contributed by atoms with E-state index in [1.54, 1.807) is 31.7 Å². The van der Waals surface area contributed by atoms with E-state index in [1.165, 1.54) is 29.5 Å². The Morgan fingerprint density at radius 2 is 1.96 bits per heavy atom. The molecule has 0 aliphatic rings. The largest absolute Gasteiger partial charge is 0.493 e. The van der Waals surface area contributed by atoms with Gasteiger partial charge in [0.1, 0.15) is 23.2 Å². The fourth-order valence-electron chi connectivity index (χ4n) is 2.45. The molecular weight excluding hydrogens is 385 g/mol. The summed E-state index contributed by atoms with van der Waals surface area (Å²) in [7, 11) is 3.14. The number of benzene rings is 2. The zero-order valence-electron chi connectivity index (χ0n) is 15.3. The SMILES string of the molecule is COc1cccc(-c2nc(COC(=O)COc3cccc(F)c3)cs2)c1OC. The molecule has 0 amide bonds. The van der Waals surface area contributed by atoms with E-state index in [9.17, 15) is 9.18 Å². The van der Waals surface area contributed by atoms with Crippen LogP contribution in [0, 0.1) is 5.82 Å². The van der Waals surface area contributed by atoms with Gasteiger partial charge in [0.25, 0.3) is 0 Å². The minimum atomic E-state index is -0.572. The number of hydrogen-bond donors (Lipinski definition) is 0. The number of aromatic nitrogens is 1. The van der Waals surface area contributed by atoms with Gasteiger partial charge in [-0.05, 0) is 24.3 Å². The van der Waals surface area contributed by atoms with Gasteiger partial charge in [0.05, 0.1) is 25.5 Å². The highest BCUT2D eigenvalue weighted by molar-refractivity contribution is 7.13. The maximum absolute atomic E-state index is 13.1. The van der Waals surface area contributed by atoms with Gasteiger partial charge in [0.2, 0.25) is 0 Å². The second kappa shape index (κ2) is 9.18. The number of carbonyl (C=O) groups is 1. The lowest BCUT2D eigenvalue weighted by atomic mass is 10.2. The Morgan fingerprint density at radius 1 is 1.14 bits per heavy atom. The maximum Gasteiger partial charge on any atom is 0.344 e. The standard InChI is InChI=1S/C20H18FNO5S/c1-24-17-8-4-7-16(19(17)25-2)20-22-14(12-28-20)10-27-18(23)11-26-15-6-3-5-13(21)9-15/h3-9,12H,10-11H2,1-2H3. The van der Waals surface area contributed by atoms with Crippen molar-refractivity contribution < 1.29 is 28.1 Å². The number of para-hydroxylation sites is 1. The van der Waals surface area contributed by atoms with Crippen LogP contribution in [-0.2, 0) is 16.1 Å². The number of rotatable bonds is 8. The number of nitrogens with zero attached hydrogens (tertiary/aromatic N) is 1.